The Morgan fingerprint density at radius 2 is 0.791 bits per heavy atom. The summed E-state index contributed by atoms with van der Waals surface area (Å²) in [6.45, 7) is 0.843. The largest absolute Gasteiger partial charge is 0.449 e. The van der Waals surface area contributed by atoms with E-state index in [1.807, 2.05) is 97.1 Å². The van der Waals surface area contributed by atoms with Crippen LogP contribution in [0.25, 0.3) is 0 Å². The Balaban J connectivity index is 0.783. The van der Waals surface area contributed by atoms with Gasteiger partial charge in [-0.05, 0) is 138 Å². The summed E-state index contributed by atoms with van der Waals surface area (Å²) in [6.07, 6.45) is 4.83. The van der Waals surface area contributed by atoms with Crippen LogP contribution in [0.15, 0.2) is 151 Å². The van der Waals surface area contributed by atoms with Crippen LogP contribution in [0.3, 0.4) is 0 Å². The van der Waals surface area contributed by atoms with E-state index in [-0.39, 0.29) is 25.3 Å². The molecule has 0 aliphatic carbocycles. The molecule has 340 valence electrons. The molecule has 0 heterocycles. The number of isocyanates is 1. The number of nitrogens with zero attached hydrogens (tertiary/aromatic N) is 2. The highest BCUT2D eigenvalue weighted by Crippen LogP contribution is 2.20. The molecule has 6 aromatic carbocycles. The Labute approximate surface area is 387 Å². The first-order valence-corrected chi connectivity index (χ1v) is 21.3. The van der Waals surface area contributed by atoms with Crippen molar-refractivity contribution in [3.8, 4) is 12.0 Å². The maximum atomic E-state index is 12.4. The maximum Gasteiger partial charge on any atom is 0.411 e. The van der Waals surface area contributed by atoms with Crippen LogP contribution < -0.4 is 36.6 Å². The van der Waals surface area contributed by atoms with Gasteiger partial charge >= 0.3 is 24.2 Å². The van der Waals surface area contributed by atoms with E-state index >= 15 is 0 Å². The zero-order valence-electron chi connectivity index (χ0n) is 36.4. The summed E-state index contributed by atoms with van der Waals surface area (Å²) in [5.74, 6) is 0.485. The number of rotatable bonds is 20. The summed E-state index contributed by atoms with van der Waals surface area (Å²) in [7, 11) is 0. The van der Waals surface area contributed by atoms with E-state index in [0.717, 1.165) is 33.4 Å². The minimum atomic E-state index is -0.592. The Kier molecular flexibility index (Phi) is 18.0. The van der Waals surface area contributed by atoms with Crippen molar-refractivity contribution < 1.29 is 38.2 Å². The van der Waals surface area contributed by atoms with Gasteiger partial charge in [-0.25, -0.2) is 24.0 Å². The molecule has 16 nitrogen and oxygen atoms in total. The van der Waals surface area contributed by atoms with Crippen molar-refractivity contribution in [1.29, 1.82) is 5.26 Å². The molecular formula is C51H48N8O8. The summed E-state index contributed by atoms with van der Waals surface area (Å²) < 4.78 is 15.3. The Hall–Kier alpha value is -8.93. The van der Waals surface area contributed by atoms with Gasteiger partial charge in [0.2, 0.25) is 6.08 Å². The number of benzene rings is 6. The van der Waals surface area contributed by atoms with Crippen LogP contribution in [-0.2, 0) is 33.5 Å². The van der Waals surface area contributed by atoms with E-state index in [1.165, 1.54) is 6.08 Å². The highest BCUT2D eigenvalue weighted by molar-refractivity contribution is 5.90. The van der Waals surface area contributed by atoms with Crippen molar-refractivity contribution in [2.45, 2.75) is 32.1 Å². The third-order valence-electron chi connectivity index (χ3n) is 9.93. The van der Waals surface area contributed by atoms with Crippen LogP contribution in [0.4, 0.5) is 47.6 Å². The second kappa shape index (κ2) is 25.4. The maximum absolute atomic E-state index is 12.4. The van der Waals surface area contributed by atoms with Gasteiger partial charge in [-0.15, -0.1) is 5.26 Å². The number of amides is 6. The molecule has 6 N–H and O–H groups in total. The third-order valence-corrected chi connectivity index (χ3v) is 9.93. The molecule has 0 atom stereocenters. The molecule has 0 fully saturated rings. The van der Waals surface area contributed by atoms with Crippen molar-refractivity contribution in [2.24, 2.45) is 4.99 Å². The Bertz CT molecular complexity index is 2650. The van der Waals surface area contributed by atoms with Crippen molar-refractivity contribution >= 4 is 58.8 Å². The van der Waals surface area contributed by atoms with Gasteiger partial charge in [0.05, 0.1) is 18.9 Å². The number of carbonyl (C=O) groups excluding carboxylic acids is 5. The van der Waals surface area contributed by atoms with Gasteiger partial charge in [0.1, 0.15) is 5.75 Å². The van der Waals surface area contributed by atoms with Crippen molar-refractivity contribution in [3.63, 3.8) is 0 Å². The fraction of sp³-hybridized carbons (Fsp3) is 0.176. The summed E-state index contributed by atoms with van der Waals surface area (Å²) >= 11 is 0. The van der Waals surface area contributed by atoms with Crippen LogP contribution in [0.2, 0.25) is 0 Å². The minimum absolute atomic E-state index is 0.119. The number of nitrogens with one attached hydrogen (secondary N) is 6. The average Bonchev–Trinajstić information content (AvgIpc) is 3.33. The number of hydrogen-bond acceptors (Lipinski definition) is 10. The number of nitriles is 1. The molecule has 16 heteroatoms. The molecule has 67 heavy (non-hydrogen) atoms. The van der Waals surface area contributed by atoms with Crippen LogP contribution in [0, 0.1) is 11.5 Å². The van der Waals surface area contributed by atoms with Crippen LogP contribution >= 0.6 is 0 Å². The first-order valence-electron chi connectivity index (χ1n) is 21.3. The standard InChI is InChI=1S/C51H48N8O8/c52-34-67-47-25-13-41(14-26-47)33-40-11-23-46(24-12-40)59-51(64)66-30-2-28-54-49(62)57-44-19-7-38(8-20-44)32-37-5-17-43(18-6-37)56-48(61)53-27-1-29-65-50(63)58-45-21-9-39(10-22-45)31-36-3-15-42(16-4-36)55-35-60/h3-26H,1-2,27-33H2,(H,58,63)(H,59,64)(H2,53,56,61)(H2,54,57,62). The molecular weight excluding hydrogens is 853 g/mol. The van der Waals surface area contributed by atoms with Crippen molar-refractivity contribution in [3.05, 3.63) is 179 Å². The van der Waals surface area contributed by atoms with E-state index in [1.54, 1.807) is 54.8 Å². The van der Waals surface area contributed by atoms with Crippen LogP contribution in [0.1, 0.15) is 46.2 Å². The number of aliphatic imine (C=N–C) groups is 1. The van der Waals surface area contributed by atoms with E-state index in [9.17, 15) is 24.0 Å². The van der Waals surface area contributed by atoms with Gasteiger partial charge in [-0.3, -0.25) is 10.6 Å². The normalized spacial score (nSPS) is 10.3. The monoisotopic (exact) mass is 900 g/mol. The van der Waals surface area contributed by atoms with Gasteiger partial charge in [0, 0.05) is 35.8 Å². The zero-order valence-corrected chi connectivity index (χ0v) is 36.4. The minimum Gasteiger partial charge on any atom is -0.449 e. The third kappa shape index (κ3) is 16.9. The summed E-state index contributed by atoms with van der Waals surface area (Å²) in [5.41, 5.74) is 9.23. The Morgan fingerprint density at radius 1 is 0.463 bits per heavy atom. The molecule has 0 bridgehead atoms. The predicted octanol–water partition coefficient (Wildman–Crippen LogP) is 9.81. The fourth-order valence-corrected chi connectivity index (χ4v) is 6.54. The lowest BCUT2D eigenvalue weighted by molar-refractivity contribution is 0.159. The SMILES string of the molecule is N#COc1ccc(Cc2ccc(NC(=O)OCCCNC(=O)Nc3ccc(Cc4ccc(NC(=O)NCCCOC(=O)Nc5ccc(Cc6ccc(N=C=O)cc6)cc5)cc4)cc3)cc2)cc1. The fourth-order valence-electron chi connectivity index (χ4n) is 6.54. The van der Waals surface area contributed by atoms with Gasteiger partial charge in [-0.1, -0.05) is 72.8 Å². The summed E-state index contributed by atoms with van der Waals surface area (Å²) in [5, 5.41) is 25.1. The first-order chi connectivity index (χ1) is 32.7. The predicted molar refractivity (Wildman–Crippen MR) is 254 cm³/mol. The molecule has 6 rings (SSSR count). The van der Waals surface area contributed by atoms with Gasteiger partial charge in [0.15, 0.2) is 0 Å². The molecule has 0 aliphatic heterocycles. The average molecular weight is 901 g/mol. The number of hydrogen-bond donors (Lipinski definition) is 6. The number of urea groups is 2. The molecule has 0 saturated carbocycles. The summed E-state index contributed by atoms with van der Waals surface area (Å²) in [6, 6.07) is 43.5. The van der Waals surface area contributed by atoms with Crippen molar-refractivity contribution in [2.75, 3.05) is 47.6 Å². The molecule has 0 radical (unpaired) electrons. The number of anilines is 4. The quantitative estimate of drug-likeness (QED) is 0.0185. The highest BCUT2D eigenvalue weighted by Gasteiger charge is 2.09. The lowest BCUT2D eigenvalue weighted by atomic mass is 10.0. The first kappa shape index (κ1) is 47.5. The van der Waals surface area contributed by atoms with E-state index in [4.69, 9.17) is 19.5 Å². The van der Waals surface area contributed by atoms with E-state index in [0.29, 0.717) is 79.4 Å². The lowest BCUT2D eigenvalue weighted by Gasteiger charge is -2.10. The topological polar surface area (TPSA) is 221 Å². The second-order valence-electron chi connectivity index (χ2n) is 15.0. The smallest absolute Gasteiger partial charge is 0.411 e. The molecule has 0 unspecified atom stereocenters. The zero-order chi connectivity index (χ0) is 47.1. The van der Waals surface area contributed by atoms with Crippen molar-refractivity contribution in [1.82, 2.24) is 10.6 Å². The second-order valence-corrected chi connectivity index (χ2v) is 15.0. The Morgan fingerprint density at radius 3 is 1.13 bits per heavy atom. The molecule has 0 aromatic heterocycles. The van der Waals surface area contributed by atoms with Crippen LogP contribution in [-0.4, -0.2) is 56.6 Å². The lowest BCUT2D eigenvalue weighted by Crippen LogP contribution is -2.30. The van der Waals surface area contributed by atoms with E-state index < -0.39 is 12.2 Å². The summed E-state index contributed by atoms with van der Waals surface area (Å²) in [4.78, 5) is 63.3. The van der Waals surface area contributed by atoms with Crippen LogP contribution in [0.5, 0.6) is 5.75 Å². The van der Waals surface area contributed by atoms with E-state index in [2.05, 4.69) is 36.9 Å². The number of carbonyl (C=O) groups is 4. The highest BCUT2D eigenvalue weighted by atomic mass is 16.6. The molecule has 6 amide bonds. The molecule has 0 saturated heterocycles. The van der Waals surface area contributed by atoms with Gasteiger partial charge < -0.3 is 35.5 Å². The number of ether oxygens (including phenoxy) is 3. The van der Waals surface area contributed by atoms with Gasteiger partial charge in [0.25, 0.3) is 6.26 Å². The molecule has 6 aromatic rings. The van der Waals surface area contributed by atoms with Gasteiger partial charge in [-0.2, -0.15) is 4.99 Å². The molecule has 0 aliphatic rings. The molecule has 0 spiro atoms.